The molecule has 4 N–H and O–H groups in total. The molecule has 11 heteroatoms. The molecule has 0 bridgehead atoms. The second kappa shape index (κ2) is 10.2. The fourth-order valence-electron chi connectivity index (χ4n) is 3.03. The lowest BCUT2D eigenvalue weighted by molar-refractivity contribution is -0.115. The van der Waals surface area contributed by atoms with Crippen molar-refractivity contribution in [2.75, 3.05) is 11.9 Å². The molecule has 0 aliphatic heterocycles. The summed E-state index contributed by atoms with van der Waals surface area (Å²) in [5.74, 6) is -0.360. The van der Waals surface area contributed by atoms with E-state index in [1.165, 1.54) is 23.7 Å². The largest absolute Gasteiger partial charge is 0.326 e. The number of sulfonamides is 1. The van der Waals surface area contributed by atoms with E-state index in [9.17, 15) is 17.6 Å². The van der Waals surface area contributed by atoms with Gasteiger partial charge in [0.25, 0.3) is 0 Å². The van der Waals surface area contributed by atoms with Crippen LogP contribution in [0, 0.1) is 0 Å². The van der Waals surface area contributed by atoms with Crippen LogP contribution in [0.5, 0.6) is 0 Å². The van der Waals surface area contributed by atoms with Crippen molar-refractivity contribution in [2.24, 2.45) is 5.14 Å². The molecule has 0 aliphatic rings. The number of hydrogen-bond acceptors (Lipinski definition) is 5. The van der Waals surface area contributed by atoms with Crippen LogP contribution in [-0.2, 0) is 27.8 Å². The molecule has 1 amide bonds. The number of nitrogens with one attached hydrogen (secondary N) is 2. The molecular weight excluding hydrogens is 457 g/mol. The number of carbonyl (C=O) groups excluding carboxylic acids is 1. The highest BCUT2D eigenvalue weighted by atomic mass is 35.5. The van der Waals surface area contributed by atoms with E-state index in [1.807, 2.05) is 0 Å². The van der Waals surface area contributed by atoms with Crippen LogP contribution in [-0.4, -0.2) is 36.8 Å². The quantitative estimate of drug-likeness (QED) is 0.436. The van der Waals surface area contributed by atoms with Crippen LogP contribution < -0.4 is 15.8 Å². The molecule has 3 aromatic rings. The fourth-order valence-corrected chi connectivity index (χ4v) is 3.97. The van der Waals surface area contributed by atoms with Gasteiger partial charge in [-0.25, -0.2) is 22.6 Å². The number of aromatic nitrogens is 2. The zero-order valence-corrected chi connectivity index (χ0v) is 18.8. The summed E-state index contributed by atoms with van der Waals surface area (Å²) in [7, 11) is -4.12. The van der Waals surface area contributed by atoms with Crippen molar-refractivity contribution in [3.63, 3.8) is 0 Å². The summed E-state index contributed by atoms with van der Waals surface area (Å²) >= 11 is 6.09. The highest BCUT2D eigenvalue weighted by molar-refractivity contribution is 7.89. The smallest absolute Gasteiger partial charge is 0.240 e. The van der Waals surface area contributed by atoms with Gasteiger partial charge in [0.15, 0.2) is 0 Å². The van der Waals surface area contributed by atoms with Crippen LogP contribution in [0.25, 0.3) is 5.69 Å². The minimum atomic E-state index is -4.12. The minimum absolute atomic E-state index is 0.0269. The van der Waals surface area contributed by atoms with Crippen LogP contribution in [0.1, 0.15) is 18.1 Å². The number of amides is 1. The van der Waals surface area contributed by atoms with Gasteiger partial charge in [-0.3, -0.25) is 4.79 Å². The Bertz CT molecular complexity index is 1210. The summed E-state index contributed by atoms with van der Waals surface area (Å²) in [5.41, 5.74) is 1.88. The maximum absolute atomic E-state index is 12.9. The van der Waals surface area contributed by atoms with E-state index in [0.29, 0.717) is 17.1 Å². The molecule has 1 unspecified atom stereocenters. The standard InChI is InChI=1S/C21H23ClFN5O3S/c1-14(23)10-25-11-15-12-26-28(13-15)19-7-6-17(9-20(19)32(24,30)31)27-21(29)8-16-4-2-3-5-18(16)22/h2-7,9,12-14,25H,8,10-11H2,1H3,(H,27,29)(H2,24,30,31). The van der Waals surface area contributed by atoms with E-state index in [1.54, 1.807) is 42.7 Å². The van der Waals surface area contributed by atoms with Gasteiger partial charge >= 0.3 is 0 Å². The SMILES string of the molecule is CC(F)CNCc1cnn(-c2ccc(NC(=O)Cc3ccccc3Cl)cc2S(N)(=O)=O)c1. The zero-order chi connectivity index (χ0) is 23.3. The molecule has 0 aliphatic carbocycles. The zero-order valence-electron chi connectivity index (χ0n) is 17.3. The summed E-state index contributed by atoms with van der Waals surface area (Å²) in [6, 6.07) is 11.3. The lowest BCUT2D eigenvalue weighted by Gasteiger charge is -2.12. The van der Waals surface area contributed by atoms with Gasteiger partial charge in [-0.05, 0) is 36.8 Å². The number of carbonyl (C=O) groups is 1. The summed E-state index contributed by atoms with van der Waals surface area (Å²) in [4.78, 5) is 12.2. The van der Waals surface area contributed by atoms with E-state index in [4.69, 9.17) is 16.7 Å². The normalized spacial score (nSPS) is 12.5. The topological polar surface area (TPSA) is 119 Å². The molecule has 0 saturated heterocycles. The second-order valence-electron chi connectivity index (χ2n) is 7.25. The maximum Gasteiger partial charge on any atom is 0.240 e. The van der Waals surface area contributed by atoms with Crippen molar-refractivity contribution < 1.29 is 17.6 Å². The van der Waals surface area contributed by atoms with Gasteiger partial charge in [-0.15, -0.1) is 0 Å². The number of rotatable bonds is 9. The highest BCUT2D eigenvalue weighted by Crippen LogP contribution is 2.24. The molecule has 0 fully saturated rings. The molecule has 1 heterocycles. The van der Waals surface area contributed by atoms with E-state index < -0.39 is 16.2 Å². The molecular formula is C21H23ClFN5O3S. The predicted octanol–water partition coefficient (Wildman–Crippen LogP) is 2.80. The Hall–Kier alpha value is -2.79. The van der Waals surface area contributed by atoms with Crippen molar-refractivity contribution in [3.05, 3.63) is 71.0 Å². The monoisotopic (exact) mass is 479 g/mol. The van der Waals surface area contributed by atoms with Crippen molar-refractivity contribution in [3.8, 4) is 5.69 Å². The number of alkyl halides is 1. The first-order valence-corrected chi connectivity index (χ1v) is 11.6. The van der Waals surface area contributed by atoms with Gasteiger partial charge in [-0.2, -0.15) is 5.10 Å². The van der Waals surface area contributed by atoms with Crippen LogP contribution in [0.15, 0.2) is 59.8 Å². The van der Waals surface area contributed by atoms with Gasteiger partial charge in [0.05, 0.1) is 18.3 Å². The van der Waals surface area contributed by atoms with Gasteiger partial charge < -0.3 is 10.6 Å². The molecule has 8 nitrogen and oxygen atoms in total. The minimum Gasteiger partial charge on any atom is -0.326 e. The van der Waals surface area contributed by atoms with Crippen molar-refractivity contribution in [2.45, 2.75) is 31.0 Å². The number of benzene rings is 2. The maximum atomic E-state index is 12.9. The molecule has 1 aromatic heterocycles. The molecule has 1 atom stereocenters. The Morgan fingerprint density at radius 3 is 2.72 bits per heavy atom. The summed E-state index contributed by atoms with van der Waals surface area (Å²) in [6.45, 7) is 2.01. The number of nitrogens with two attached hydrogens (primary N) is 1. The van der Waals surface area contributed by atoms with E-state index >= 15 is 0 Å². The van der Waals surface area contributed by atoms with Crippen molar-refractivity contribution >= 4 is 33.2 Å². The van der Waals surface area contributed by atoms with Gasteiger partial charge in [-0.1, -0.05) is 29.8 Å². The van der Waals surface area contributed by atoms with E-state index in [0.717, 1.165) is 5.56 Å². The molecule has 32 heavy (non-hydrogen) atoms. The lowest BCUT2D eigenvalue weighted by atomic mass is 10.1. The van der Waals surface area contributed by atoms with Crippen LogP contribution in [0.4, 0.5) is 10.1 Å². The number of nitrogens with zero attached hydrogens (tertiary/aromatic N) is 2. The Balaban J connectivity index is 1.80. The van der Waals surface area contributed by atoms with Crippen molar-refractivity contribution in [1.82, 2.24) is 15.1 Å². The van der Waals surface area contributed by atoms with Crippen LogP contribution in [0.3, 0.4) is 0 Å². The Morgan fingerprint density at radius 2 is 2.03 bits per heavy atom. The number of primary sulfonamides is 1. The van der Waals surface area contributed by atoms with E-state index in [-0.39, 0.29) is 35.1 Å². The summed E-state index contributed by atoms with van der Waals surface area (Å²) in [5, 5.41) is 15.6. The van der Waals surface area contributed by atoms with Gasteiger partial charge in [0.2, 0.25) is 15.9 Å². The number of hydrogen-bond donors (Lipinski definition) is 3. The second-order valence-corrected chi connectivity index (χ2v) is 9.19. The molecule has 0 radical (unpaired) electrons. The third kappa shape index (κ3) is 6.36. The molecule has 0 saturated carbocycles. The first kappa shape index (κ1) is 23.9. The molecule has 0 spiro atoms. The van der Waals surface area contributed by atoms with Gasteiger partial charge in [0, 0.05) is 35.6 Å². The molecule has 170 valence electrons. The fraction of sp³-hybridized carbons (Fsp3) is 0.238. The highest BCUT2D eigenvalue weighted by Gasteiger charge is 2.18. The lowest BCUT2D eigenvalue weighted by Crippen LogP contribution is -2.21. The Kier molecular flexibility index (Phi) is 7.62. The first-order valence-electron chi connectivity index (χ1n) is 9.72. The first-order chi connectivity index (χ1) is 15.1. The molecule has 3 rings (SSSR count). The Labute approximate surface area is 190 Å². The predicted molar refractivity (Wildman–Crippen MR) is 121 cm³/mol. The number of halogens is 2. The average Bonchev–Trinajstić information content (AvgIpc) is 3.17. The third-order valence-corrected chi connectivity index (χ3v) is 5.81. The van der Waals surface area contributed by atoms with Crippen molar-refractivity contribution in [1.29, 1.82) is 0 Å². The van der Waals surface area contributed by atoms with E-state index in [2.05, 4.69) is 15.7 Å². The number of anilines is 1. The van der Waals surface area contributed by atoms with Crippen LogP contribution in [0.2, 0.25) is 5.02 Å². The summed E-state index contributed by atoms with van der Waals surface area (Å²) < 4.78 is 38.7. The molecule has 2 aromatic carbocycles. The summed E-state index contributed by atoms with van der Waals surface area (Å²) in [6.07, 6.45) is 2.20. The Morgan fingerprint density at radius 1 is 1.28 bits per heavy atom. The third-order valence-electron chi connectivity index (χ3n) is 4.50. The van der Waals surface area contributed by atoms with Crippen LogP contribution >= 0.6 is 11.6 Å². The average molecular weight is 480 g/mol. The van der Waals surface area contributed by atoms with Gasteiger partial charge in [0.1, 0.15) is 11.1 Å².